The van der Waals surface area contributed by atoms with Gasteiger partial charge in [0.15, 0.2) is 5.11 Å². The van der Waals surface area contributed by atoms with E-state index in [-0.39, 0.29) is 0 Å². The molecule has 0 saturated carbocycles. The Balaban J connectivity index is 2.02. The van der Waals surface area contributed by atoms with Crippen LogP contribution in [0.3, 0.4) is 0 Å². The molecule has 0 atom stereocenters. The van der Waals surface area contributed by atoms with Gasteiger partial charge in [-0.3, -0.25) is 0 Å². The topological polar surface area (TPSA) is 27.6 Å². The van der Waals surface area contributed by atoms with E-state index in [0.717, 1.165) is 11.1 Å². The first-order chi connectivity index (χ1) is 10.8. The standard InChI is InChI=1S/C18H19N3S/c1-19-18(22)21(15-17-11-6-3-7-12-17)20-14-8-13-16-9-4-2-5-10-16/h2-14H,15H2,1H3,(H,19,22)/b13-8+,20-14-. The highest BCUT2D eigenvalue weighted by molar-refractivity contribution is 7.80. The number of benzene rings is 2. The van der Waals surface area contributed by atoms with Crippen molar-refractivity contribution in [3.05, 3.63) is 77.9 Å². The summed E-state index contributed by atoms with van der Waals surface area (Å²) in [6.07, 6.45) is 5.66. The Morgan fingerprint density at radius 2 is 1.73 bits per heavy atom. The Labute approximate surface area is 137 Å². The number of nitrogens with one attached hydrogen (secondary N) is 1. The van der Waals surface area contributed by atoms with Crippen LogP contribution in [0, 0.1) is 0 Å². The van der Waals surface area contributed by atoms with Gasteiger partial charge in [0.1, 0.15) is 0 Å². The minimum absolute atomic E-state index is 0.591. The summed E-state index contributed by atoms with van der Waals surface area (Å²) in [6.45, 7) is 0.635. The predicted molar refractivity (Wildman–Crippen MR) is 97.6 cm³/mol. The lowest BCUT2D eigenvalue weighted by molar-refractivity contribution is 0.437. The van der Waals surface area contributed by atoms with Crippen LogP contribution in [-0.2, 0) is 6.54 Å². The molecule has 22 heavy (non-hydrogen) atoms. The molecule has 112 valence electrons. The second kappa shape index (κ2) is 8.74. The van der Waals surface area contributed by atoms with Crippen molar-refractivity contribution in [2.24, 2.45) is 5.10 Å². The molecular weight excluding hydrogens is 290 g/mol. The molecule has 0 unspecified atom stereocenters. The zero-order chi connectivity index (χ0) is 15.6. The number of hydrogen-bond acceptors (Lipinski definition) is 2. The largest absolute Gasteiger partial charge is 0.364 e. The van der Waals surface area contributed by atoms with Crippen molar-refractivity contribution in [1.82, 2.24) is 10.3 Å². The third kappa shape index (κ3) is 5.14. The molecule has 0 spiro atoms. The van der Waals surface area contributed by atoms with Crippen molar-refractivity contribution >= 4 is 29.6 Å². The predicted octanol–water partition coefficient (Wildman–Crippen LogP) is 3.69. The second-order valence-corrected chi connectivity index (χ2v) is 5.02. The van der Waals surface area contributed by atoms with Crippen molar-refractivity contribution in [1.29, 1.82) is 0 Å². The van der Waals surface area contributed by atoms with Crippen LogP contribution in [0.2, 0.25) is 0 Å². The quantitative estimate of drug-likeness (QED) is 0.518. The van der Waals surface area contributed by atoms with E-state index in [1.54, 1.807) is 18.3 Å². The second-order valence-electron chi connectivity index (χ2n) is 4.63. The summed E-state index contributed by atoms with van der Waals surface area (Å²) in [5.41, 5.74) is 2.30. The average molecular weight is 309 g/mol. The molecule has 2 rings (SSSR count). The van der Waals surface area contributed by atoms with Crippen molar-refractivity contribution < 1.29 is 0 Å². The lowest BCUT2D eigenvalue weighted by Gasteiger charge is -2.19. The molecule has 0 radical (unpaired) electrons. The van der Waals surface area contributed by atoms with Crippen LogP contribution in [0.25, 0.3) is 6.08 Å². The fourth-order valence-electron chi connectivity index (χ4n) is 1.89. The molecule has 3 nitrogen and oxygen atoms in total. The summed E-state index contributed by atoms with van der Waals surface area (Å²) >= 11 is 5.30. The van der Waals surface area contributed by atoms with Gasteiger partial charge in [-0.05, 0) is 29.4 Å². The van der Waals surface area contributed by atoms with Gasteiger partial charge in [0.05, 0.1) is 6.54 Å². The van der Waals surface area contributed by atoms with E-state index in [4.69, 9.17) is 12.2 Å². The lowest BCUT2D eigenvalue weighted by atomic mass is 10.2. The van der Waals surface area contributed by atoms with E-state index in [1.165, 1.54) is 0 Å². The van der Waals surface area contributed by atoms with Crippen LogP contribution in [0.1, 0.15) is 11.1 Å². The van der Waals surface area contributed by atoms with E-state index in [0.29, 0.717) is 11.7 Å². The first-order valence-corrected chi connectivity index (χ1v) is 7.49. The van der Waals surface area contributed by atoms with Gasteiger partial charge in [-0.1, -0.05) is 66.7 Å². The van der Waals surface area contributed by atoms with E-state index >= 15 is 0 Å². The number of nitrogens with zero attached hydrogens (tertiary/aromatic N) is 2. The van der Waals surface area contributed by atoms with Gasteiger partial charge in [-0.15, -0.1) is 0 Å². The summed E-state index contributed by atoms with van der Waals surface area (Å²) in [6, 6.07) is 20.2. The monoisotopic (exact) mass is 309 g/mol. The first kappa shape index (κ1) is 15.9. The fourth-order valence-corrected chi connectivity index (χ4v) is 2.00. The molecule has 0 aliphatic rings. The summed E-state index contributed by atoms with van der Waals surface area (Å²) < 4.78 is 0. The van der Waals surface area contributed by atoms with Gasteiger partial charge in [-0.25, -0.2) is 5.01 Å². The highest BCUT2D eigenvalue weighted by Gasteiger charge is 2.06. The molecule has 0 aliphatic heterocycles. The van der Waals surface area contributed by atoms with Gasteiger partial charge in [0.25, 0.3) is 0 Å². The van der Waals surface area contributed by atoms with Crippen LogP contribution < -0.4 is 5.32 Å². The lowest BCUT2D eigenvalue weighted by Crippen LogP contribution is -2.33. The van der Waals surface area contributed by atoms with Crippen LogP contribution in [0.4, 0.5) is 0 Å². The third-order valence-corrected chi connectivity index (χ3v) is 3.42. The van der Waals surface area contributed by atoms with Crippen molar-refractivity contribution in [2.75, 3.05) is 7.05 Å². The Bertz CT molecular complexity index is 636. The number of hydrogen-bond donors (Lipinski definition) is 1. The zero-order valence-corrected chi connectivity index (χ0v) is 13.3. The van der Waals surface area contributed by atoms with Gasteiger partial charge < -0.3 is 5.32 Å². The Morgan fingerprint density at radius 1 is 1.09 bits per heavy atom. The first-order valence-electron chi connectivity index (χ1n) is 7.08. The SMILES string of the molecule is CNC(=S)N(Cc1ccccc1)/N=C\C=C\c1ccccc1. The minimum Gasteiger partial charge on any atom is -0.364 e. The molecule has 0 fully saturated rings. The van der Waals surface area contributed by atoms with Gasteiger partial charge in [0, 0.05) is 13.3 Å². The van der Waals surface area contributed by atoms with E-state index in [2.05, 4.69) is 22.6 Å². The van der Waals surface area contributed by atoms with E-state index < -0.39 is 0 Å². The minimum atomic E-state index is 0.591. The number of thiocarbonyl (C=S) groups is 1. The molecule has 1 N–H and O–H groups in total. The van der Waals surface area contributed by atoms with Gasteiger partial charge in [0.2, 0.25) is 0 Å². The zero-order valence-electron chi connectivity index (χ0n) is 12.5. The summed E-state index contributed by atoms with van der Waals surface area (Å²) in [4.78, 5) is 0. The number of allylic oxidation sites excluding steroid dienone is 1. The highest BCUT2D eigenvalue weighted by Crippen LogP contribution is 2.05. The Hall–Kier alpha value is -2.46. The third-order valence-electron chi connectivity index (χ3n) is 3.00. The van der Waals surface area contributed by atoms with Crippen LogP contribution >= 0.6 is 12.2 Å². The van der Waals surface area contributed by atoms with Crippen LogP contribution in [0.5, 0.6) is 0 Å². The van der Waals surface area contributed by atoms with E-state index in [9.17, 15) is 0 Å². The van der Waals surface area contributed by atoms with Gasteiger partial charge >= 0.3 is 0 Å². The fraction of sp³-hybridized carbons (Fsp3) is 0.111. The van der Waals surface area contributed by atoms with E-state index in [1.807, 2.05) is 60.7 Å². The maximum atomic E-state index is 5.30. The summed E-state index contributed by atoms with van der Waals surface area (Å²) in [5, 5.41) is 9.74. The highest BCUT2D eigenvalue weighted by atomic mass is 32.1. The Morgan fingerprint density at radius 3 is 2.36 bits per heavy atom. The molecule has 2 aromatic carbocycles. The molecule has 0 heterocycles. The molecule has 0 aromatic heterocycles. The molecular formula is C18H19N3S. The Kier molecular flexibility index (Phi) is 6.33. The normalized spacial score (nSPS) is 11.0. The number of rotatable bonds is 5. The van der Waals surface area contributed by atoms with Crippen molar-refractivity contribution in [3.63, 3.8) is 0 Å². The molecule has 0 amide bonds. The van der Waals surface area contributed by atoms with Crippen molar-refractivity contribution in [3.8, 4) is 0 Å². The van der Waals surface area contributed by atoms with Crippen LogP contribution in [-0.4, -0.2) is 23.4 Å². The average Bonchev–Trinajstić information content (AvgIpc) is 2.58. The smallest absolute Gasteiger partial charge is 0.189 e. The maximum Gasteiger partial charge on any atom is 0.189 e. The molecule has 0 aliphatic carbocycles. The maximum absolute atomic E-state index is 5.30. The van der Waals surface area contributed by atoms with Gasteiger partial charge in [-0.2, -0.15) is 5.10 Å². The molecule has 4 heteroatoms. The molecule has 2 aromatic rings. The van der Waals surface area contributed by atoms with Crippen LogP contribution in [0.15, 0.2) is 71.8 Å². The van der Waals surface area contributed by atoms with Crippen molar-refractivity contribution in [2.45, 2.75) is 6.54 Å². The molecule has 0 saturated heterocycles. The number of hydrazone groups is 1. The summed E-state index contributed by atoms with van der Waals surface area (Å²) in [7, 11) is 1.80. The summed E-state index contributed by atoms with van der Waals surface area (Å²) in [5.74, 6) is 0. The molecule has 0 bridgehead atoms.